The first-order valence-corrected chi connectivity index (χ1v) is 7.75. The number of carbonyl (C=O) groups excluding carboxylic acids is 1. The molecule has 0 N–H and O–H groups in total. The van der Waals surface area contributed by atoms with Gasteiger partial charge in [-0.1, -0.05) is 19.4 Å². The van der Waals surface area contributed by atoms with Crippen molar-refractivity contribution in [2.24, 2.45) is 0 Å². The highest BCUT2D eigenvalue weighted by Crippen LogP contribution is 2.28. The fraction of sp³-hybridized carbons (Fsp3) is 0.500. The molecule has 0 aliphatic heterocycles. The molecule has 1 aromatic rings. The zero-order chi connectivity index (χ0) is 16.5. The number of rotatable bonds is 8. The number of methoxy groups -OCH3 is 1. The zero-order valence-corrected chi connectivity index (χ0v) is 14.3. The smallest absolute Gasteiger partial charge is 0.246 e. The topological polar surface area (TPSA) is 38.8 Å². The summed E-state index contributed by atoms with van der Waals surface area (Å²) in [5.41, 5.74) is 0.908. The minimum absolute atomic E-state index is 0.0164. The standard InChI is InChI=1S/C18H27NO3/c1-6-7-12-22-16-10-8-15(13-17(16)21-5)9-11-18(20)19(4)14(2)3/h8-11,13-14H,6-7,12H2,1-5H3/b11-9+. The Hall–Kier alpha value is -1.97. The van der Waals surface area contributed by atoms with Crippen molar-refractivity contribution in [1.29, 1.82) is 0 Å². The summed E-state index contributed by atoms with van der Waals surface area (Å²) in [6, 6.07) is 5.86. The van der Waals surface area contributed by atoms with E-state index in [2.05, 4.69) is 6.92 Å². The first kappa shape index (κ1) is 18.1. The molecule has 4 heteroatoms. The fourth-order valence-electron chi connectivity index (χ4n) is 1.77. The highest BCUT2D eigenvalue weighted by Gasteiger charge is 2.08. The maximum atomic E-state index is 11.9. The molecule has 0 radical (unpaired) electrons. The summed E-state index contributed by atoms with van der Waals surface area (Å²) in [6.07, 6.45) is 5.47. The molecule has 22 heavy (non-hydrogen) atoms. The Balaban J connectivity index is 2.78. The molecule has 0 bridgehead atoms. The largest absolute Gasteiger partial charge is 0.493 e. The predicted molar refractivity (Wildman–Crippen MR) is 90.3 cm³/mol. The summed E-state index contributed by atoms with van der Waals surface area (Å²) in [6.45, 7) is 6.77. The maximum absolute atomic E-state index is 11.9. The Morgan fingerprint density at radius 2 is 2.05 bits per heavy atom. The van der Waals surface area contributed by atoms with Crippen LogP contribution in [0.2, 0.25) is 0 Å². The summed E-state index contributed by atoms with van der Waals surface area (Å²) in [7, 11) is 3.41. The van der Waals surface area contributed by atoms with Gasteiger partial charge in [0.1, 0.15) is 0 Å². The van der Waals surface area contributed by atoms with Crippen molar-refractivity contribution >= 4 is 12.0 Å². The molecule has 0 saturated carbocycles. The molecule has 0 aromatic heterocycles. The molecule has 4 nitrogen and oxygen atoms in total. The lowest BCUT2D eigenvalue weighted by Gasteiger charge is -2.19. The number of nitrogens with zero attached hydrogens (tertiary/aromatic N) is 1. The van der Waals surface area contributed by atoms with Crippen molar-refractivity contribution in [2.45, 2.75) is 39.7 Å². The van der Waals surface area contributed by atoms with Crippen LogP contribution in [0.5, 0.6) is 11.5 Å². The van der Waals surface area contributed by atoms with Crippen LogP contribution in [0.3, 0.4) is 0 Å². The van der Waals surface area contributed by atoms with Crippen LogP contribution in [0.15, 0.2) is 24.3 Å². The molecule has 0 heterocycles. The lowest BCUT2D eigenvalue weighted by atomic mass is 10.2. The Labute approximate surface area is 133 Å². The van der Waals surface area contributed by atoms with Gasteiger partial charge in [0.15, 0.2) is 11.5 Å². The quantitative estimate of drug-likeness (QED) is 0.542. The third-order valence-corrected chi connectivity index (χ3v) is 3.48. The highest BCUT2D eigenvalue weighted by atomic mass is 16.5. The van der Waals surface area contributed by atoms with E-state index < -0.39 is 0 Å². The van der Waals surface area contributed by atoms with E-state index in [4.69, 9.17) is 9.47 Å². The normalized spacial score (nSPS) is 11.0. The number of hydrogen-bond acceptors (Lipinski definition) is 3. The molecule has 0 atom stereocenters. The Morgan fingerprint density at radius 1 is 1.32 bits per heavy atom. The van der Waals surface area contributed by atoms with Gasteiger partial charge in [-0.25, -0.2) is 0 Å². The summed E-state index contributed by atoms with van der Waals surface area (Å²) < 4.78 is 11.0. The second kappa shape index (κ2) is 9.13. The van der Waals surface area contributed by atoms with Crippen LogP contribution in [0.1, 0.15) is 39.2 Å². The molecule has 1 amide bonds. The number of benzene rings is 1. The lowest BCUT2D eigenvalue weighted by Crippen LogP contribution is -2.31. The number of amides is 1. The zero-order valence-electron chi connectivity index (χ0n) is 14.3. The SMILES string of the molecule is CCCCOc1ccc(/C=C/C(=O)N(C)C(C)C)cc1OC. The van der Waals surface area contributed by atoms with E-state index >= 15 is 0 Å². The number of ether oxygens (including phenoxy) is 2. The second-order valence-corrected chi connectivity index (χ2v) is 5.49. The molecule has 0 spiro atoms. The second-order valence-electron chi connectivity index (χ2n) is 5.49. The molecule has 1 rings (SSSR count). The number of carbonyl (C=O) groups is 1. The van der Waals surface area contributed by atoms with Crippen molar-refractivity contribution in [3.05, 3.63) is 29.8 Å². The van der Waals surface area contributed by atoms with E-state index in [1.807, 2.05) is 32.0 Å². The van der Waals surface area contributed by atoms with Crippen molar-refractivity contribution in [3.8, 4) is 11.5 Å². The van der Waals surface area contributed by atoms with E-state index in [0.717, 1.165) is 24.2 Å². The minimum Gasteiger partial charge on any atom is -0.493 e. The van der Waals surface area contributed by atoms with Gasteiger partial charge in [0.2, 0.25) is 5.91 Å². The summed E-state index contributed by atoms with van der Waals surface area (Å²) >= 11 is 0. The summed E-state index contributed by atoms with van der Waals surface area (Å²) in [5, 5.41) is 0. The summed E-state index contributed by atoms with van der Waals surface area (Å²) in [4.78, 5) is 13.6. The third kappa shape index (κ3) is 5.43. The fourth-order valence-corrected chi connectivity index (χ4v) is 1.77. The Morgan fingerprint density at radius 3 is 2.64 bits per heavy atom. The van der Waals surface area contributed by atoms with Gasteiger partial charge in [0, 0.05) is 19.2 Å². The van der Waals surface area contributed by atoms with Crippen LogP contribution >= 0.6 is 0 Å². The molecule has 0 aliphatic carbocycles. The van der Waals surface area contributed by atoms with E-state index in [1.54, 1.807) is 31.2 Å². The van der Waals surface area contributed by atoms with Gasteiger partial charge in [-0.2, -0.15) is 0 Å². The van der Waals surface area contributed by atoms with E-state index in [9.17, 15) is 4.79 Å². The van der Waals surface area contributed by atoms with Crippen molar-refractivity contribution in [2.75, 3.05) is 20.8 Å². The Bertz CT molecular complexity index is 509. The number of hydrogen-bond donors (Lipinski definition) is 0. The minimum atomic E-state index is -0.0164. The van der Waals surface area contributed by atoms with Crippen LogP contribution < -0.4 is 9.47 Å². The van der Waals surface area contributed by atoms with Crippen molar-refractivity contribution in [1.82, 2.24) is 4.90 Å². The molecule has 0 fully saturated rings. The van der Waals surface area contributed by atoms with E-state index in [1.165, 1.54) is 0 Å². The first-order valence-electron chi connectivity index (χ1n) is 7.75. The average molecular weight is 305 g/mol. The highest BCUT2D eigenvalue weighted by molar-refractivity contribution is 5.91. The van der Waals surface area contributed by atoms with Gasteiger partial charge in [0.25, 0.3) is 0 Å². The predicted octanol–water partition coefficient (Wildman–Crippen LogP) is 3.75. The van der Waals surface area contributed by atoms with Gasteiger partial charge in [-0.05, 0) is 44.0 Å². The van der Waals surface area contributed by atoms with E-state index in [0.29, 0.717) is 12.4 Å². The third-order valence-electron chi connectivity index (χ3n) is 3.48. The molecular formula is C18H27NO3. The van der Waals surface area contributed by atoms with Gasteiger partial charge in [-0.15, -0.1) is 0 Å². The van der Waals surface area contributed by atoms with Crippen LogP contribution in [0.25, 0.3) is 6.08 Å². The molecule has 1 aromatic carbocycles. The van der Waals surface area contributed by atoms with Crippen molar-refractivity contribution in [3.63, 3.8) is 0 Å². The van der Waals surface area contributed by atoms with Crippen LogP contribution in [0, 0.1) is 0 Å². The van der Waals surface area contributed by atoms with Crippen LogP contribution in [0.4, 0.5) is 0 Å². The van der Waals surface area contributed by atoms with Crippen LogP contribution in [-0.4, -0.2) is 37.6 Å². The van der Waals surface area contributed by atoms with Crippen molar-refractivity contribution < 1.29 is 14.3 Å². The number of likely N-dealkylation sites (N-methyl/N-ethyl adjacent to an activating group) is 1. The molecule has 0 unspecified atom stereocenters. The maximum Gasteiger partial charge on any atom is 0.246 e. The average Bonchev–Trinajstić information content (AvgIpc) is 2.52. The molecule has 122 valence electrons. The Kier molecular flexibility index (Phi) is 7.50. The molecule has 0 saturated heterocycles. The molecular weight excluding hydrogens is 278 g/mol. The van der Waals surface area contributed by atoms with Gasteiger partial charge in [-0.3, -0.25) is 4.79 Å². The molecule has 0 aliphatic rings. The summed E-state index contributed by atoms with van der Waals surface area (Å²) in [5.74, 6) is 1.40. The van der Waals surface area contributed by atoms with Gasteiger partial charge in [0.05, 0.1) is 13.7 Å². The van der Waals surface area contributed by atoms with Gasteiger partial charge < -0.3 is 14.4 Å². The lowest BCUT2D eigenvalue weighted by molar-refractivity contribution is -0.126. The monoisotopic (exact) mass is 305 g/mol. The number of unbranched alkanes of at least 4 members (excludes halogenated alkanes) is 1. The van der Waals surface area contributed by atoms with Gasteiger partial charge >= 0.3 is 0 Å². The van der Waals surface area contributed by atoms with Crippen LogP contribution in [-0.2, 0) is 4.79 Å². The first-order chi connectivity index (χ1) is 10.5. The van der Waals surface area contributed by atoms with E-state index in [-0.39, 0.29) is 11.9 Å².